The molecular weight excluding hydrogens is 316 g/mol. The summed E-state index contributed by atoms with van der Waals surface area (Å²) in [5.41, 5.74) is 2.18. The summed E-state index contributed by atoms with van der Waals surface area (Å²) in [6, 6.07) is 16.7. The average Bonchev–Trinajstić information content (AvgIpc) is 3.04. The number of carbonyl (C=O) groups excluding carboxylic acids is 1. The van der Waals surface area contributed by atoms with Crippen molar-refractivity contribution in [3.63, 3.8) is 0 Å². The second-order valence-electron chi connectivity index (χ2n) is 5.98. The number of hydrogen-bond donors (Lipinski definition) is 0. The van der Waals surface area contributed by atoms with Crippen LogP contribution in [0.25, 0.3) is 38.2 Å². The van der Waals surface area contributed by atoms with Gasteiger partial charge in [-0.25, -0.2) is 9.78 Å². The molecule has 0 spiro atoms. The molecule has 2 aromatic heterocycles. The first-order chi connectivity index (χ1) is 12.2. The molecule has 0 saturated carbocycles. The Morgan fingerprint density at radius 1 is 1.04 bits per heavy atom. The smallest absolute Gasteiger partial charge is 0.337 e. The summed E-state index contributed by atoms with van der Waals surface area (Å²) in [7, 11) is 1.34. The maximum absolute atomic E-state index is 13.1. The van der Waals surface area contributed by atoms with E-state index < -0.39 is 5.97 Å². The molecule has 0 N–H and O–H groups in total. The molecule has 0 aliphatic heterocycles. The highest BCUT2D eigenvalue weighted by molar-refractivity contribution is 6.15. The van der Waals surface area contributed by atoms with Gasteiger partial charge in [0, 0.05) is 16.2 Å². The molecule has 3 aromatic carbocycles. The SMILES string of the molecule is COC(=O)c1ccc2c(c1)nc1c3cccc4cccc(c(=O)n21)c43. The van der Waals surface area contributed by atoms with E-state index in [1.165, 1.54) is 7.11 Å². The van der Waals surface area contributed by atoms with Crippen molar-refractivity contribution < 1.29 is 9.53 Å². The number of rotatable bonds is 1. The van der Waals surface area contributed by atoms with Crippen molar-refractivity contribution in [3.05, 3.63) is 70.5 Å². The Hall–Kier alpha value is -3.47. The molecule has 0 radical (unpaired) electrons. The van der Waals surface area contributed by atoms with Crippen molar-refractivity contribution in [2.45, 2.75) is 0 Å². The number of fused-ring (bicyclic) bond motifs is 4. The number of aromatic nitrogens is 2. The van der Waals surface area contributed by atoms with Crippen molar-refractivity contribution in [2.75, 3.05) is 7.11 Å². The van der Waals surface area contributed by atoms with Gasteiger partial charge in [-0.1, -0.05) is 30.3 Å². The number of nitrogens with zero attached hydrogens (tertiary/aromatic N) is 2. The lowest BCUT2D eigenvalue weighted by Crippen LogP contribution is -2.13. The van der Waals surface area contributed by atoms with E-state index in [0.29, 0.717) is 27.6 Å². The predicted octanol–water partition coefficient (Wildman–Crippen LogP) is 3.38. The first-order valence-corrected chi connectivity index (χ1v) is 7.86. The van der Waals surface area contributed by atoms with Crippen molar-refractivity contribution in [2.24, 2.45) is 0 Å². The molecule has 2 heterocycles. The zero-order valence-corrected chi connectivity index (χ0v) is 13.3. The molecule has 0 bridgehead atoms. The summed E-state index contributed by atoms with van der Waals surface area (Å²) in [5.74, 6) is -0.426. The van der Waals surface area contributed by atoms with Crippen LogP contribution in [-0.4, -0.2) is 22.5 Å². The molecule has 0 unspecified atom stereocenters. The Labute approximate surface area is 141 Å². The standard InChI is InChI=1S/C20H12N2O3/c1-25-20(24)12-8-9-16-15(10-12)21-18-13-6-2-4-11-5-3-7-14(17(11)13)19(23)22(16)18/h2-10H,1H3. The minimum atomic E-state index is -0.426. The van der Waals surface area contributed by atoms with Gasteiger partial charge >= 0.3 is 5.97 Å². The molecule has 0 amide bonds. The van der Waals surface area contributed by atoms with E-state index in [4.69, 9.17) is 4.74 Å². The minimum Gasteiger partial charge on any atom is -0.465 e. The van der Waals surface area contributed by atoms with Gasteiger partial charge in [-0.05, 0) is 29.7 Å². The first-order valence-electron chi connectivity index (χ1n) is 7.86. The second-order valence-corrected chi connectivity index (χ2v) is 5.98. The largest absolute Gasteiger partial charge is 0.465 e. The number of pyridine rings is 1. The highest BCUT2D eigenvalue weighted by Crippen LogP contribution is 2.29. The van der Waals surface area contributed by atoms with E-state index in [0.717, 1.165) is 16.2 Å². The molecule has 5 nitrogen and oxygen atoms in total. The van der Waals surface area contributed by atoms with Gasteiger partial charge in [0.25, 0.3) is 5.56 Å². The summed E-state index contributed by atoms with van der Waals surface area (Å²) in [4.78, 5) is 29.5. The monoisotopic (exact) mass is 328 g/mol. The van der Waals surface area contributed by atoms with Gasteiger partial charge in [-0.15, -0.1) is 0 Å². The van der Waals surface area contributed by atoms with Gasteiger partial charge in [0.1, 0.15) is 5.65 Å². The van der Waals surface area contributed by atoms with E-state index in [1.54, 1.807) is 22.6 Å². The van der Waals surface area contributed by atoms with E-state index >= 15 is 0 Å². The molecule has 0 aliphatic carbocycles. The summed E-state index contributed by atoms with van der Waals surface area (Å²) < 4.78 is 6.38. The van der Waals surface area contributed by atoms with Crippen LogP contribution in [0.5, 0.6) is 0 Å². The number of methoxy groups -OCH3 is 1. The Morgan fingerprint density at radius 3 is 2.56 bits per heavy atom. The number of carbonyl (C=O) groups is 1. The molecule has 5 heteroatoms. The topological polar surface area (TPSA) is 60.7 Å². The Kier molecular flexibility index (Phi) is 2.65. The van der Waals surface area contributed by atoms with Crippen molar-refractivity contribution in [1.82, 2.24) is 9.38 Å². The van der Waals surface area contributed by atoms with Gasteiger partial charge in [-0.2, -0.15) is 0 Å². The third-order valence-corrected chi connectivity index (χ3v) is 4.65. The third-order valence-electron chi connectivity index (χ3n) is 4.65. The summed E-state index contributed by atoms with van der Waals surface area (Å²) >= 11 is 0. The zero-order chi connectivity index (χ0) is 17.1. The average molecular weight is 328 g/mol. The van der Waals surface area contributed by atoms with Crippen LogP contribution in [0.4, 0.5) is 0 Å². The molecule has 0 saturated heterocycles. The van der Waals surface area contributed by atoms with Gasteiger partial charge in [0.15, 0.2) is 0 Å². The Morgan fingerprint density at radius 2 is 1.80 bits per heavy atom. The normalized spacial score (nSPS) is 11.7. The number of hydrogen-bond acceptors (Lipinski definition) is 4. The quantitative estimate of drug-likeness (QED) is 0.443. The lowest BCUT2D eigenvalue weighted by molar-refractivity contribution is 0.0601. The third kappa shape index (κ3) is 1.75. The van der Waals surface area contributed by atoms with E-state index in [9.17, 15) is 9.59 Å². The molecule has 120 valence electrons. The van der Waals surface area contributed by atoms with E-state index in [1.807, 2.05) is 36.4 Å². The lowest BCUT2D eigenvalue weighted by atomic mass is 10.0. The van der Waals surface area contributed by atoms with E-state index in [-0.39, 0.29) is 5.56 Å². The van der Waals surface area contributed by atoms with Crippen LogP contribution in [0.3, 0.4) is 0 Å². The molecule has 0 fully saturated rings. The fourth-order valence-electron chi connectivity index (χ4n) is 3.54. The number of imidazole rings is 1. The Balaban J connectivity index is 2.03. The lowest BCUT2D eigenvalue weighted by Gasteiger charge is -2.06. The van der Waals surface area contributed by atoms with Gasteiger partial charge in [0.2, 0.25) is 0 Å². The highest BCUT2D eigenvalue weighted by atomic mass is 16.5. The van der Waals surface area contributed by atoms with Crippen molar-refractivity contribution in [1.29, 1.82) is 0 Å². The number of esters is 1. The second kappa shape index (κ2) is 4.77. The molecule has 0 atom stereocenters. The molecular formula is C20H12N2O3. The van der Waals surface area contributed by atoms with Crippen LogP contribution < -0.4 is 5.56 Å². The fourth-order valence-corrected chi connectivity index (χ4v) is 3.54. The van der Waals surface area contributed by atoms with Gasteiger partial charge in [0.05, 0.1) is 23.7 Å². The number of ether oxygens (including phenoxy) is 1. The first kappa shape index (κ1) is 13.9. The molecule has 5 aromatic rings. The summed E-state index contributed by atoms with van der Waals surface area (Å²) in [6.45, 7) is 0. The van der Waals surface area contributed by atoms with Gasteiger partial charge in [-0.3, -0.25) is 9.20 Å². The molecule has 5 rings (SSSR count). The van der Waals surface area contributed by atoms with Crippen LogP contribution in [0, 0.1) is 0 Å². The predicted molar refractivity (Wildman–Crippen MR) is 96.5 cm³/mol. The highest BCUT2D eigenvalue weighted by Gasteiger charge is 2.16. The molecule has 25 heavy (non-hydrogen) atoms. The van der Waals surface area contributed by atoms with Crippen LogP contribution in [0.15, 0.2) is 59.4 Å². The van der Waals surface area contributed by atoms with Crippen LogP contribution in [0.2, 0.25) is 0 Å². The maximum atomic E-state index is 13.1. The van der Waals surface area contributed by atoms with Crippen molar-refractivity contribution in [3.8, 4) is 0 Å². The summed E-state index contributed by atoms with van der Waals surface area (Å²) in [6.07, 6.45) is 0. The van der Waals surface area contributed by atoms with Crippen LogP contribution in [-0.2, 0) is 4.74 Å². The zero-order valence-electron chi connectivity index (χ0n) is 13.3. The maximum Gasteiger partial charge on any atom is 0.337 e. The number of benzene rings is 3. The minimum absolute atomic E-state index is 0.104. The Bertz CT molecular complexity index is 1360. The van der Waals surface area contributed by atoms with E-state index in [2.05, 4.69) is 4.98 Å². The van der Waals surface area contributed by atoms with Crippen LogP contribution in [0.1, 0.15) is 10.4 Å². The van der Waals surface area contributed by atoms with Gasteiger partial charge < -0.3 is 4.74 Å². The van der Waals surface area contributed by atoms with Crippen LogP contribution >= 0.6 is 0 Å². The summed E-state index contributed by atoms with van der Waals surface area (Å²) in [5, 5.41) is 3.52. The van der Waals surface area contributed by atoms with Crippen molar-refractivity contribution >= 4 is 44.2 Å². The fraction of sp³-hybridized carbons (Fsp3) is 0.0500. The molecule has 0 aliphatic rings.